The highest BCUT2D eigenvalue weighted by atomic mass is 16.6. The van der Waals surface area contributed by atoms with Gasteiger partial charge in [-0.15, -0.1) is 0 Å². The number of rotatable bonds is 15. The fourth-order valence-electron chi connectivity index (χ4n) is 26.2. The Morgan fingerprint density at radius 1 is 0.337 bits per heavy atom. The number of fused-ring (bicyclic) bond motifs is 12. The van der Waals surface area contributed by atoms with E-state index in [0.717, 1.165) is 51.4 Å². The predicted molar refractivity (Wildman–Crippen MR) is 416 cm³/mol. The Bertz CT molecular complexity index is 2760. The standard InChI is InChI=1S/C70H94O18.16CH4/c1-25-35-23-41(43(25)53-37-19-33(21-39(37)63(77)87-69(5,6)7)51(53)49-31-13-11-29(17-31)47(49)45-27(3)61(75)85-67(45)81)55(59(71)72)57(35)65(79)83-15-16-84-66(80)58-36-24-42(56(58)60(73)74)44(26(36)2)54-38-20-34(22-40(38)64(78)88-70(8,9)10)52(54)50-32-14-12-30(18-32)48(50)46-28(4)62(76)86-68(46)82;;;;;;;;;;;;;;;;/h25-58H,11-24H2,1-10H3,(H,71,72)(H,73,74);16*1H4. The van der Waals surface area contributed by atoms with Crippen molar-refractivity contribution in [2.45, 2.75) is 276 Å². The molecule has 14 fully saturated rings. The maximum atomic E-state index is 14.5. The molecule has 0 aromatic rings. The van der Waals surface area contributed by atoms with Crippen LogP contribution in [0.1, 0.15) is 265 Å². The summed E-state index contributed by atoms with van der Waals surface area (Å²) in [7, 11) is 0. The molecule has 0 spiro atoms. The number of carbonyl (C=O) groups excluding carboxylic acids is 8. The van der Waals surface area contributed by atoms with Gasteiger partial charge in [-0.05, 0) is 261 Å². The normalized spacial score (nSPS) is 42.8. The van der Waals surface area contributed by atoms with Gasteiger partial charge in [0.15, 0.2) is 0 Å². The van der Waals surface area contributed by atoms with Crippen LogP contribution in [0.2, 0.25) is 0 Å². The number of hydrogen-bond acceptors (Lipinski definition) is 16. The maximum absolute atomic E-state index is 14.5. The Labute approximate surface area is 634 Å². The highest BCUT2D eigenvalue weighted by Crippen LogP contribution is 2.75. The van der Waals surface area contributed by atoms with E-state index in [1.165, 1.54) is 0 Å². The highest BCUT2D eigenvalue weighted by Gasteiger charge is 2.74. The van der Waals surface area contributed by atoms with Crippen LogP contribution in [0.4, 0.5) is 0 Å². The lowest BCUT2D eigenvalue weighted by atomic mass is 9.53. The fraction of sp³-hybridized carbons (Fsp3) is 0.884. The smallest absolute Gasteiger partial charge is 0.317 e. The van der Waals surface area contributed by atoms with Crippen molar-refractivity contribution in [3.63, 3.8) is 0 Å². The van der Waals surface area contributed by atoms with E-state index in [4.69, 9.17) is 28.4 Å². The Morgan fingerprint density at radius 3 is 0.894 bits per heavy atom. The van der Waals surface area contributed by atoms with Gasteiger partial charge in [-0.3, -0.25) is 47.9 Å². The van der Waals surface area contributed by atoms with E-state index in [0.29, 0.717) is 37.5 Å². The Balaban J connectivity index is -0.00000638. The maximum Gasteiger partial charge on any atom is 0.317 e. The van der Waals surface area contributed by atoms with Crippen LogP contribution in [0, 0.1) is 201 Å². The van der Waals surface area contributed by atoms with Crippen molar-refractivity contribution in [3.8, 4) is 0 Å². The van der Waals surface area contributed by atoms with E-state index in [2.05, 4.69) is 13.8 Å². The van der Waals surface area contributed by atoms with Gasteiger partial charge in [0, 0.05) is 0 Å². The van der Waals surface area contributed by atoms with Gasteiger partial charge in [0.2, 0.25) is 0 Å². The van der Waals surface area contributed by atoms with E-state index in [1.54, 1.807) is 13.8 Å². The van der Waals surface area contributed by atoms with Crippen molar-refractivity contribution in [2.24, 2.45) is 201 Å². The summed E-state index contributed by atoms with van der Waals surface area (Å²) >= 11 is 0. The van der Waals surface area contributed by atoms with E-state index in [-0.39, 0.29) is 274 Å². The molecule has 2 aliphatic heterocycles. The molecule has 14 aliphatic rings. The number of cyclic esters (lactones) is 4. The zero-order valence-electron chi connectivity index (χ0n) is 53.0. The van der Waals surface area contributed by atoms with Crippen LogP contribution < -0.4 is 0 Å². The quantitative estimate of drug-likeness (QED) is 0.0667. The molecular weight excluding hydrogens is 1320 g/mol. The number of carbonyl (C=O) groups is 10. The molecule has 104 heavy (non-hydrogen) atoms. The minimum atomic E-state index is -1.08. The molecule has 12 saturated carbocycles. The summed E-state index contributed by atoms with van der Waals surface area (Å²) in [4.78, 5) is 138. The Morgan fingerprint density at radius 2 is 0.625 bits per heavy atom. The Hall–Kier alpha value is -4.90. The molecule has 0 aromatic heterocycles. The average molecular weight is 1480 g/mol. The number of aliphatic carboxylic acids is 2. The van der Waals surface area contributed by atoms with Crippen LogP contribution in [0.15, 0.2) is 0 Å². The van der Waals surface area contributed by atoms with Gasteiger partial charge in [-0.25, -0.2) is 0 Å². The first kappa shape index (κ1) is 103. The van der Waals surface area contributed by atoms with Crippen molar-refractivity contribution in [1.29, 1.82) is 0 Å². The van der Waals surface area contributed by atoms with Gasteiger partial charge < -0.3 is 38.6 Å². The van der Waals surface area contributed by atoms with Gasteiger partial charge >= 0.3 is 59.7 Å². The summed E-state index contributed by atoms with van der Waals surface area (Å²) in [6.07, 6.45) is 9.88. The van der Waals surface area contributed by atoms with Crippen LogP contribution in [0.3, 0.4) is 0 Å². The van der Waals surface area contributed by atoms with Crippen molar-refractivity contribution < 1.29 is 86.6 Å². The molecule has 12 bridgehead atoms. The summed E-state index contributed by atoms with van der Waals surface area (Å²) < 4.78 is 34.6. The van der Waals surface area contributed by atoms with E-state index in [9.17, 15) is 58.2 Å². The van der Waals surface area contributed by atoms with Gasteiger partial charge in [0.25, 0.3) is 0 Å². The van der Waals surface area contributed by atoms with Crippen LogP contribution in [0.5, 0.6) is 0 Å². The van der Waals surface area contributed by atoms with Crippen LogP contribution >= 0.6 is 0 Å². The second-order valence-corrected chi connectivity index (χ2v) is 33.6. The lowest BCUT2D eigenvalue weighted by Gasteiger charge is -2.51. The molecule has 0 amide bonds. The third-order valence-electron chi connectivity index (χ3n) is 28.1. The van der Waals surface area contributed by atoms with Crippen molar-refractivity contribution >= 4 is 59.7 Å². The average Bonchev–Trinajstić information content (AvgIpc) is 1.53. The number of carboxylic acids is 2. The second-order valence-electron chi connectivity index (χ2n) is 33.6. The largest absolute Gasteiger partial charge is 0.481 e. The Kier molecular flexibility index (Phi) is 36.3. The number of esters is 8. The van der Waals surface area contributed by atoms with Gasteiger partial charge in [0.05, 0.1) is 59.2 Å². The molecule has 14 rings (SSSR count). The van der Waals surface area contributed by atoms with E-state index >= 15 is 0 Å². The van der Waals surface area contributed by atoms with Gasteiger partial charge in [-0.2, -0.15) is 0 Å². The molecule has 2 saturated heterocycles. The first-order chi connectivity index (χ1) is 41.5. The summed E-state index contributed by atoms with van der Waals surface area (Å²) in [5.74, 6) is -13.1. The van der Waals surface area contributed by atoms with Crippen molar-refractivity contribution in [1.82, 2.24) is 0 Å². The zero-order chi connectivity index (χ0) is 62.5. The number of carboxylic acid groups (broad SMARTS) is 2. The number of hydrogen-bond donors (Lipinski definition) is 2. The first-order valence-corrected chi connectivity index (χ1v) is 34.3. The molecule has 18 nitrogen and oxygen atoms in total. The molecule has 18 heteroatoms. The summed E-state index contributed by atoms with van der Waals surface area (Å²) in [6.45, 7) is 18.4. The molecule has 610 valence electrons. The van der Waals surface area contributed by atoms with Crippen LogP contribution in [-0.2, 0) is 76.4 Å². The molecule has 12 aliphatic carbocycles. The van der Waals surface area contributed by atoms with E-state index < -0.39 is 118 Å². The predicted octanol–water partition coefficient (Wildman–Crippen LogP) is 19.1. The zero-order valence-corrected chi connectivity index (χ0v) is 53.0. The summed E-state index contributed by atoms with van der Waals surface area (Å²) in [5, 5.41) is 22.4. The molecule has 34 atom stereocenters. The number of ether oxygens (including phenoxy) is 6. The third kappa shape index (κ3) is 15.8. The third-order valence-corrected chi connectivity index (χ3v) is 28.1. The minimum Gasteiger partial charge on any atom is -0.481 e. The molecule has 0 radical (unpaired) electrons. The lowest BCUT2D eigenvalue weighted by Crippen LogP contribution is -2.51. The van der Waals surface area contributed by atoms with Gasteiger partial charge in [-0.1, -0.05) is 147 Å². The molecule has 34 unspecified atom stereocenters. The van der Waals surface area contributed by atoms with Crippen LogP contribution in [-0.4, -0.2) is 94.3 Å². The first-order valence-electron chi connectivity index (χ1n) is 34.3. The highest BCUT2D eigenvalue weighted by molar-refractivity contribution is 5.97. The fourth-order valence-corrected chi connectivity index (χ4v) is 26.2. The monoisotopic (exact) mass is 1480 g/mol. The van der Waals surface area contributed by atoms with Crippen LogP contribution in [0.25, 0.3) is 0 Å². The van der Waals surface area contributed by atoms with Crippen molar-refractivity contribution in [2.75, 3.05) is 13.2 Å². The SMILES string of the molecule is C.C.C.C.C.C.C.C.C.C.C.C.C.C.C.C.CC1C(=O)OC(=O)C1C1C2CCC(C2)C1C1C2CC(C(=O)OC(C)(C)C)C(C2)C1C1C(C)C2CC1C(C(=O)O)C2C(=O)OCCOC(=O)C1C2CC(C1C(=O)O)C(C1C3CC(CC3C(=O)OC(C)(C)C)C1C1C3CCC(C3)C1C1C(=O)OC(=O)C1C)C2C. The topological polar surface area (TPSA) is 267 Å². The summed E-state index contributed by atoms with van der Waals surface area (Å²) in [6, 6.07) is 0. The van der Waals surface area contributed by atoms with E-state index in [1.807, 2.05) is 41.5 Å². The lowest BCUT2D eigenvalue weighted by molar-refractivity contribution is -0.172. The molecule has 2 heterocycles. The molecular formula is C86H158O18. The summed E-state index contributed by atoms with van der Waals surface area (Å²) in [5.41, 5.74) is -1.40. The minimum absolute atomic E-state index is 0. The van der Waals surface area contributed by atoms with Crippen molar-refractivity contribution in [3.05, 3.63) is 0 Å². The molecule has 2 N–H and O–H groups in total. The van der Waals surface area contributed by atoms with Gasteiger partial charge in [0.1, 0.15) is 24.4 Å². The molecule has 0 aromatic carbocycles. The second kappa shape index (κ2) is 36.5.